The molecule has 2 atom stereocenters. The molecule has 0 saturated heterocycles. The van der Waals surface area contributed by atoms with E-state index in [2.05, 4.69) is 20.1 Å². The summed E-state index contributed by atoms with van der Waals surface area (Å²) in [6, 6.07) is 0. The molecule has 4 heteroatoms. The predicted molar refractivity (Wildman–Crippen MR) is 89.5 cm³/mol. The second kappa shape index (κ2) is 12.9. The minimum Gasteiger partial charge on any atom is -0.512 e. The van der Waals surface area contributed by atoms with Gasteiger partial charge >= 0.3 is 5.97 Å². The molecule has 22 heavy (non-hydrogen) atoms. The molecule has 0 aliphatic heterocycles. The van der Waals surface area contributed by atoms with E-state index in [1.54, 1.807) is 12.2 Å². The van der Waals surface area contributed by atoms with Gasteiger partial charge in [-0.05, 0) is 19.3 Å². The molecule has 0 heterocycles. The van der Waals surface area contributed by atoms with Crippen molar-refractivity contribution in [3.63, 3.8) is 0 Å². The summed E-state index contributed by atoms with van der Waals surface area (Å²) in [7, 11) is 0. The van der Waals surface area contributed by atoms with Gasteiger partial charge in [0.25, 0.3) is 0 Å². The van der Waals surface area contributed by atoms with E-state index in [4.69, 9.17) is 4.74 Å². The third-order valence-electron chi connectivity index (χ3n) is 3.13. The monoisotopic (exact) mass is 308 g/mol. The van der Waals surface area contributed by atoms with Crippen molar-refractivity contribution >= 4 is 5.97 Å². The zero-order valence-corrected chi connectivity index (χ0v) is 13.4. The predicted octanol–water partition coefficient (Wildman–Crippen LogP) is 3.85. The zero-order valence-electron chi connectivity index (χ0n) is 13.4. The number of esters is 1. The second-order valence-electron chi connectivity index (χ2n) is 5.03. The van der Waals surface area contributed by atoms with E-state index in [0.29, 0.717) is 6.42 Å². The van der Waals surface area contributed by atoms with Crippen molar-refractivity contribution in [1.29, 1.82) is 0 Å². The molecule has 0 radical (unpaired) electrons. The number of hydrogen-bond acceptors (Lipinski definition) is 4. The molecule has 2 unspecified atom stereocenters. The summed E-state index contributed by atoms with van der Waals surface area (Å²) in [5, 5.41) is 20.2. The molecule has 0 aliphatic carbocycles. The average molecular weight is 308 g/mol. The molecule has 0 bridgehead atoms. The van der Waals surface area contributed by atoms with E-state index < -0.39 is 18.0 Å². The van der Waals surface area contributed by atoms with Crippen molar-refractivity contribution < 1.29 is 19.7 Å². The highest BCUT2D eigenvalue weighted by atomic mass is 16.5. The van der Waals surface area contributed by atoms with E-state index in [0.717, 1.165) is 31.8 Å². The van der Waals surface area contributed by atoms with Crippen LogP contribution in [-0.2, 0) is 9.53 Å². The molecule has 4 nitrogen and oxygen atoms in total. The van der Waals surface area contributed by atoms with Gasteiger partial charge in [-0.1, -0.05) is 50.6 Å². The van der Waals surface area contributed by atoms with Gasteiger partial charge in [0, 0.05) is 5.92 Å². The van der Waals surface area contributed by atoms with Crippen molar-refractivity contribution in [3.05, 3.63) is 49.3 Å². The van der Waals surface area contributed by atoms with Crippen LogP contribution in [0.2, 0.25) is 0 Å². The third-order valence-corrected chi connectivity index (χ3v) is 3.13. The van der Waals surface area contributed by atoms with Gasteiger partial charge in [-0.2, -0.15) is 0 Å². The molecule has 0 aliphatic rings. The Morgan fingerprint density at radius 3 is 2.59 bits per heavy atom. The Labute approximate surface area is 133 Å². The lowest BCUT2D eigenvalue weighted by molar-refractivity contribution is -0.136. The summed E-state index contributed by atoms with van der Waals surface area (Å²) in [6.45, 7) is 9.26. The lowest BCUT2D eigenvalue weighted by Gasteiger charge is -2.18. The Morgan fingerprint density at radius 2 is 2.00 bits per heavy atom. The summed E-state index contributed by atoms with van der Waals surface area (Å²) in [5.74, 6) is -1.47. The van der Waals surface area contributed by atoms with E-state index in [1.807, 2.05) is 6.08 Å². The van der Waals surface area contributed by atoms with Crippen molar-refractivity contribution in [1.82, 2.24) is 0 Å². The number of hydrogen-bond donors (Lipinski definition) is 2. The molecule has 0 spiro atoms. The molecular weight excluding hydrogens is 280 g/mol. The van der Waals surface area contributed by atoms with Crippen LogP contribution in [-0.4, -0.2) is 28.9 Å². The Hall–Kier alpha value is -1.81. The largest absolute Gasteiger partial charge is 0.512 e. The number of carbonyl (C=O) groups is 1. The van der Waals surface area contributed by atoms with Crippen LogP contribution in [0.5, 0.6) is 0 Å². The number of ether oxygens (including phenoxy) is 1. The van der Waals surface area contributed by atoms with Gasteiger partial charge in [0.15, 0.2) is 0 Å². The van der Waals surface area contributed by atoms with Crippen molar-refractivity contribution in [2.45, 2.75) is 45.1 Å². The second-order valence-corrected chi connectivity index (χ2v) is 5.03. The molecule has 124 valence electrons. The first-order valence-corrected chi connectivity index (χ1v) is 7.70. The summed E-state index contributed by atoms with van der Waals surface area (Å²) in [4.78, 5) is 11.4. The Morgan fingerprint density at radius 1 is 1.27 bits per heavy atom. The molecule has 0 aromatic carbocycles. The van der Waals surface area contributed by atoms with Gasteiger partial charge in [-0.3, -0.25) is 0 Å². The summed E-state index contributed by atoms with van der Waals surface area (Å²) < 4.78 is 4.78. The molecule has 0 rings (SSSR count). The van der Waals surface area contributed by atoms with Gasteiger partial charge < -0.3 is 14.9 Å². The Bertz CT molecular complexity index is 396. The first kappa shape index (κ1) is 20.2. The maximum Gasteiger partial charge on any atom is 0.334 e. The van der Waals surface area contributed by atoms with Crippen LogP contribution in [0, 0.1) is 5.92 Å². The fourth-order valence-corrected chi connectivity index (χ4v) is 1.91. The van der Waals surface area contributed by atoms with Crippen molar-refractivity contribution in [2.24, 2.45) is 5.92 Å². The van der Waals surface area contributed by atoms with Gasteiger partial charge in [0.05, 0.1) is 12.2 Å². The lowest BCUT2D eigenvalue weighted by Crippen LogP contribution is -2.21. The molecule has 0 aromatic rings. The van der Waals surface area contributed by atoms with Gasteiger partial charge in [0.2, 0.25) is 0 Å². The van der Waals surface area contributed by atoms with Crippen LogP contribution in [0.1, 0.15) is 39.0 Å². The van der Waals surface area contributed by atoms with Crippen LogP contribution < -0.4 is 0 Å². The lowest BCUT2D eigenvalue weighted by atomic mass is 9.95. The summed E-state index contributed by atoms with van der Waals surface area (Å²) >= 11 is 0. The minimum atomic E-state index is -0.872. The summed E-state index contributed by atoms with van der Waals surface area (Å²) in [5.41, 5.74) is 0. The highest BCUT2D eigenvalue weighted by Crippen LogP contribution is 2.19. The number of rotatable bonds is 12. The fraction of sp³-hybridized carbons (Fsp3) is 0.500. The number of carbonyl (C=O) groups excluding carboxylic acids is 1. The zero-order chi connectivity index (χ0) is 16.8. The molecular formula is C18H28O4. The standard InChI is InChI=1S/C18H28O4/c1-4-7-8-9-10-12-16(19)15(11-5-2)17(20)14-18(21)22-13-6-3/h5-6,10,12,14-16,19-20H,2-4,7-9,11,13H2,1H3. The van der Waals surface area contributed by atoms with Gasteiger partial charge in [-0.25, -0.2) is 4.79 Å². The Balaban J connectivity index is 4.66. The number of aliphatic hydroxyl groups is 2. The first-order valence-electron chi connectivity index (χ1n) is 7.70. The fourth-order valence-electron chi connectivity index (χ4n) is 1.91. The number of allylic oxidation sites excluding steroid dienone is 2. The maximum absolute atomic E-state index is 11.4. The van der Waals surface area contributed by atoms with Crippen LogP contribution in [0.4, 0.5) is 0 Å². The maximum atomic E-state index is 11.4. The molecule has 0 amide bonds. The van der Waals surface area contributed by atoms with E-state index in [9.17, 15) is 15.0 Å². The highest BCUT2D eigenvalue weighted by molar-refractivity contribution is 5.82. The number of aliphatic hydroxyl groups excluding tert-OH is 2. The van der Waals surface area contributed by atoms with Gasteiger partial charge in [-0.15, -0.1) is 6.58 Å². The smallest absolute Gasteiger partial charge is 0.334 e. The topological polar surface area (TPSA) is 66.8 Å². The van der Waals surface area contributed by atoms with Gasteiger partial charge in [0.1, 0.15) is 12.4 Å². The average Bonchev–Trinajstić information content (AvgIpc) is 2.49. The van der Waals surface area contributed by atoms with E-state index in [1.165, 1.54) is 6.08 Å². The third kappa shape index (κ3) is 9.19. The summed E-state index contributed by atoms with van der Waals surface area (Å²) in [6.07, 6.45) is 11.3. The Kier molecular flexibility index (Phi) is 11.8. The molecule has 0 saturated carbocycles. The van der Waals surface area contributed by atoms with Crippen LogP contribution >= 0.6 is 0 Å². The highest BCUT2D eigenvalue weighted by Gasteiger charge is 2.21. The molecule has 0 fully saturated rings. The normalized spacial score (nSPS) is 14.5. The number of unbranched alkanes of at least 4 members (excludes halogenated alkanes) is 3. The SMILES string of the molecule is C=CCOC(=O)C=C(O)C(CC=C)C(O)C=CCCCCC. The first-order chi connectivity index (χ1) is 10.6. The minimum absolute atomic E-state index is 0.0780. The van der Waals surface area contributed by atoms with Crippen LogP contribution in [0.25, 0.3) is 0 Å². The quantitative estimate of drug-likeness (QED) is 0.189. The van der Waals surface area contributed by atoms with E-state index in [-0.39, 0.29) is 12.4 Å². The molecule has 2 N–H and O–H groups in total. The van der Waals surface area contributed by atoms with Crippen molar-refractivity contribution in [2.75, 3.05) is 6.61 Å². The van der Waals surface area contributed by atoms with E-state index >= 15 is 0 Å². The molecule has 0 aromatic heterocycles. The van der Waals surface area contributed by atoms with Crippen molar-refractivity contribution in [3.8, 4) is 0 Å². The van der Waals surface area contributed by atoms with Crippen LogP contribution in [0.3, 0.4) is 0 Å². The van der Waals surface area contributed by atoms with Crippen LogP contribution in [0.15, 0.2) is 49.3 Å².